The molecule has 19 heavy (non-hydrogen) atoms. The number of amides is 1. The van der Waals surface area contributed by atoms with Crippen LogP contribution in [0.25, 0.3) is 0 Å². The van der Waals surface area contributed by atoms with Crippen molar-refractivity contribution < 1.29 is 9.18 Å². The Bertz CT molecular complexity index is 462. The Labute approximate surface area is 112 Å². The van der Waals surface area contributed by atoms with Gasteiger partial charge in [0, 0.05) is 5.92 Å². The number of hydrazone groups is 1. The molecule has 0 atom stereocenters. The van der Waals surface area contributed by atoms with E-state index in [2.05, 4.69) is 10.5 Å². The number of nitrogens with zero attached hydrogens (tertiary/aromatic N) is 1. The van der Waals surface area contributed by atoms with Crippen molar-refractivity contribution in [2.75, 3.05) is 0 Å². The predicted octanol–water partition coefficient (Wildman–Crippen LogP) is 3.25. The van der Waals surface area contributed by atoms with Gasteiger partial charge in [0.05, 0.1) is 5.71 Å². The quantitative estimate of drug-likeness (QED) is 0.659. The van der Waals surface area contributed by atoms with Crippen molar-refractivity contribution in [2.24, 2.45) is 11.0 Å². The molecule has 2 rings (SSSR count). The highest BCUT2D eigenvalue weighted by molar-refractivity contribution is 5.99. The fraction of sp³-hybridized carbons (Fsp3) is 0.467. The number of hydrogen-bond acceptors (Lipinski definition) is 2. The van der Waals surface area contributed by atoms with Crippen molar-refractivity contribution in [2.45, 2.75) is 39.0 Å². The fourth-order valence-corrected chi connectivity index (χ4v) is 2.35. The number of hydrogen-bond donors (Lipinski definition) is 1. The zero-order valence-electron chi connectivity index (χ0n) is 11.2. The third-order valence-electron chi connectivity index (χ3n) is 3.57. The number of rotatable bonds is 3. The van der Waals surface area contributed by atoms with Crippen molar-refractivity contribution >= 4 is 11.6 Å². The Morgan fingerprint density at radius 3 is 2.47 bits per heavy atom. The van der Waals surface area contributed by atoms with Crippen LogP contribution in [0.2, 0.25) is 0 Å². The second-order valence-electron chi connectivity index (χ2n) is 5.02. The van der Waals surface area contributed by atoms with E-state index in [4.69, 9.17) is 0 Å². The first-order chi connectivity index (χ1) is 9.16. The van der Waals surface area contributed by atoms with Gasteiger partial charge in [-0.2, -0.15) is 5.10 Å². The van der Waals surface area contributed by atoms with Gasteiger partial charge in [-0.1, -0.05) is 31.4 Å². The van der Waals surface area contributed by atoms with E-state index >= 15 is 0 Å². The van der Waals surface area contributed by atoms with E-state index in [-0.39, 0.29) is 17.6 Å². The molecule has 0 spiro atoms. The summed E-state index contributed by atoms with van der Waals surface area (Å²) in [7, 11) is 0. The van der Waals surface area contributed by atoms with E-state index in [1.807, 2.05) is 0 Å². The van der Waals surface area contributed by atoms with Gasteiger partial charge in [-0.25, -0.2) is 9.82 Å². The first-order valence-corrected chi connectivity index (χ1v) is 6.77. The van der Waals surface area contributed by atoms with Gasteiger partial charge in [0.25, 0.3) is 0 Å². The molecule has 1 aliphatic carbocycles. The maximum atomic E-state index is 12.8. The van der Waals surface area contributed by atoms with Crippen molar-refractivity contribution in [1.82, 2.24) is 5.43 Å². The zero-order valence-corrected chi connectivity index (χ0v) is 11.2. The third-order valence-corrected chi connectivity index (χ3v) is 3.57. The molecular weight excluding hydrogens is 243 g/mol. The molecule has 0 aliphatic heterocycles. The van der Waals surface area contributed by atoms with Gasteiger partial charge in [0.1, 0.15) is 5.82 Å². The minimum atomic E-state index is -0.275. The first-order valence-electron chi connectivity index (χ1n) is 6.77. The summed E-state index contributed by atoms with van der Waals surface area (Å²) in [6, 6.07) is 6.08. The second-order valence-corrected chi connectivity index (χ2v) is 5.02. The van der Waals surface area contributed by atoms with Crippen molar-refractivity contribution in [3.63, 3.8) is 0 Å². The fourth-order valence-electron chi connectivity index (χ4n) is 2.35. The summed E-state index contributed by atoms with van der Waals surface area (Å²) in [4.78, 5) is 11.9. The van der Waals surface area contributed by atoms with Crippen LogP contribution in [0.1, 0.15) is 44.6 Å². The molecule has 1 fully saturated rings. The van der Waals surface area contributed by atoms with Crippen molar-refractivity contribution in [1.29, 1.82) is 0 Å². The molecule has 1 saturated carbocycles. The third kappa shape index (κ3) is 3.88. The summed E-state index contributed by atoms with van der Waals surface area (Å²) in [5.41, 5.74) is 4.12. The molecule has 0 unspecified atom stereocenters. The Hall–Kier alpha value is -1.71. The smallest absolute Gasteiger partial charge is 0.243 e. The molecule has 1 amide bonds. The highest BCUT2D eigenvalue weighted by Gasteiger charge is 2.20. The van der Waals surface area contributed by atoms with Crippen LogP contribution in [0, 0.1) is 11.7 Å². The predicted molar refractivity (Wildman–Crippen MR) is 73.3 cm³/mol. The molecule has 0 saturated heterocycles. The largest absolute Gasteiger partial charge is 0.273 e. The molecule has 4 heteroatoms. The van der Waals surface area contributed by atoms with Crippen LogP contribution in [-0.2, 0) is 4.79 Å². The number of halogens is 1. The number of carbonyl (C=O) groups excluding carboxylic acids is 1. The minimum Gasteiger partial charge on any atom is -0.273 e. The van der Waals surface area contributed by atoms with Crippen LogP contribution in [0.4, 0.5) is 4.39 Å². The van der Waals surface area contributed by atoms with Crippen LogP contribution >= 0.6 is 0 Å². The van der Waals surface area contributed by atoms with E-state index in [1.165, 1.54) is 18.6 Å². The SMILES string of the molecule is C/C(=N/NC(=O)C1CCCCC1)c1ccc(F)cc1. The van der Waals surface area contributed by atoms with Gasteiger partial charge in [-0.05, 0) is 37.5 Å². The molecule has 102 valence electrons. The average Bonchev–Trinajstić information content (AvgIpc) is 2.46. The van der Waals surface area contributed by atoms with Gasteiger partial charge in [-0.3, -0.25) is 4.79 Å². The molecular formula is C15H19FN2O. The monoisotopic (exact) mass is 262 g/mol. The van der Waals surface area contributed by atoms with Crippen LogP contribution < -0.4 is 5.43 Å². The molecule has 0 bridgehead atoms. The summed E-state index contributed by atoms with van der Waals surface area (Å²) in [5, 5.41) is 4.09. The maximum Gasteiger partial charge on any atom is 0.243 e. The number of nitrogens with one attached hydrogen (secondary N) is 1. The molecule has 0 heterocycles. The molecule has 1 aromatic rings. The highest BCUT2D eigenvalue weighted by Crippen LogP contribution is 2.23. The standard InChI is InChI=1S/C15H19FN2O/c1-11(12-7-9-14(16)10-8-12)17-18-15(19)13-5-3-2-4-6-13/h7-10,13H,2-6H2,1H3,(H,18,19)/b17-11-. The summed E-state index contributed by atoms with van der Waals surface area (Å²) < 4.78 is 12.8. The molecule has 1 aromatic carbocycles. The zero-order chi connectivity index (χ0) is 13.7. The van der Waals surface area contributed by atoms with E-state index in [0.717, 1.165) is 31.2 Å². The Balaban J connectivity index is 1.93. The lowest BCUT2D eigenvalue weighted by atomic mass is 9.89. The lowest BCUT2D eigenvalue weighted by Crippen LogP contribution is -2.29. The summed E-state index contributed by atoms with van der Waals surface area (Å²) in [5.74, 6) is -0.178. The summed E-state index contributed by atoms with van der Waals surface area (Å²) in [6.07, 6.45) is 5.38. The Kier molecular flexibility index (Phi) is 4.66. The van der Waals surface area contributed by atoms with Crippen LogP contribution in [0.3, 0.4) is 0 Å². The Morgan fingerprint density at radius 2 is 1.84 bits per heavy atom. The van der Waals surface area contributed by atoms with Gasteiger partial charge in [0.15, 0.2) is 0 Å². The molecule has 1 aliphatic rings. The van der Waals surface area contributed by atoms with E-state index in [1.54, 1.807) is 19.1 Å². The second kappa shape index (κ2) is 6.45. The van der Waals surface area contributed by atoms with Gasteiger partial charge in [0.2, 0.25) is 5.91 Å². The minimum absolute atomic E-state index is 0.00108. The van der Waals surface area contributed by atoms with E-state index in [9.17, 15) is 9.18 Å². The van der Waals surface area contributed by atoms with Gasteiger partial charge in [-0.15, -0.1) is 0 Å². The lowest BCUT2D eigenvalue weighted by Gasteiger charge is -2.19. The van der Waals surface area contributed by atoms with Gasteiger partial charge >= 0.3 is 0 Å². The topological polar surface area (TPSA) is 41.5 Å². The molecule has 3 nitrogen and oxygen atoms in total. The summed E-state index contributed by atoms with van der Waals surface area (Å²) in [6.45, 7) is 1.80. The van der Waals surface area contributed by atoms with E-state index < -0.39 is 0 Å². The van der Waals surface area contributed by atoms with Crippen LogP contribution in [-0.4, -0.2) is 11.6 Å². The normalized spacial score (nSPS) is 17.3. The van der Waals surface area contributed by atoms with Crippen LogP contribution in [0.5, 0.6) is 0 Å². The van der Waals surface area contributed by atoms with Gasteiger partial charge < -0.3 is 0 Å². The van der Waals surface area contributed by atoms with Crippen LogP contribution in [0.15, 0.2) is 29.4 Å². The average molecular weight is 262 g/mol. The van der Waals surface area contributed by atoms with Crippen molar-refractivity contribution in [3.8, 4) is 0 Å². The molecule has 0 aromatic heterocycles. The lowest BCUT2D eigenvalue weighted by molar-refractivity contribution is -0.125. The maximum absolute atomic E-state index is 12.8. The van der Waals surface area contributed by atoms with Crippen molar-refractivity contribution in [3.05, 3.63) is 35.6 Å². The Morgan fingerprint density at radius 1 is 1.21 bits per heavy atom. The highest BCUT2D eigenvalue weighted by atomic mass is 19.1. The molecule has 1 N–H and O–H groups in total. The number of carbonyl (C=O) groups is 1. The summed E-state index contributed by atoms with van der Waals surface area (Å²) >= 11 is 0. The first kappa shape index (κ1) is 13.7. The van der Waals surface area contributed by atoms with E-state index in [0.29, 0.717) is 5.71 Å². The molecule has 0 radical (unpaired) electrons. The number of benzene rings is 1.